The lowest BCUT2D eigenvalue weighted by atomic mass is 10.1. The molecule has 0 aliphatic carbocycles. The number of hydrogen-bond acceptors (Lipinski definition) is 5. The largest absolute Gasteiger partial charge is 0.366 e. The average Bonchev–Trinajstić information content (AvgIpc) is 2.99. The van der Waals surface area contributed by atoms with Crippen molar-refractivity contribution in [1.82, 2.24) is 14.8 Å². The Balaban J connectivity index is 1.56. The van der Waals surface area contributed by atoms with Crippen molar-refractivity contribution in [1.29, 1.82) is 5.26 Å². The number of anilines is 2. The van der Waals surface area contributed by atoms with Gasteiger partial charge in [-0.2, -0.15) is 10.4 Å². The summed E-state index contributed by atoms with van der Waals surface area (Å²) in [6.45, 7) is 3.95. The monoisotopic (exact) mass is 346 g/mol. The molecule has 6 nitrogen and oxygen atoms in total. The molecule has 6 heteroatoms. The first-order valence-electron chi connectivity index (χ1n) is 8.96. The molecule has 1 saturated heterocycles. The summed E-state index contributed by atoms with van der Waals surface area (Å²) < 4.78 is 1.94. The zero-order valence-corrected chi connectivity index (χ0v) is 15.1. The molecular formula is C20H22N6. The van der Waals surface area contributed by atoms with Gasteiger partial charge in [-0.05, 0) is 31.9 Å². The number of piperidine rings is 1. The topological polar surface area (TPSA) is 69.8 Å². The summed E-state index contributed by atoms with van der Waals surface area (Å²) in [5, 5.41) is 18.4. The highest BCUT2D eigenvalue weighted by Gasteiger charge is 2.22. The number of nitriles is 1. The maximum absolute atomic E-state index is 9.47. The minimum Gasteiger partial charge on any atom is -0.366 e. The Labute approximate surface area is 153 Å². The lowest BCUT2D eigenvalue weighted by Gasteiger charge is -2.34. The van der Waals surface area contributed by atoms with Crippen molar-refractivity contribution < 1.29 is 0 Å². The fourth-order valence-corrected chi connectivity index (χ4v) is 3.75. The van der Waals surface area contributed by atoms with Gasteiger partial charge in [-0.25, -0.2) is 4.98 Å². The van der Waals surface area contributed by atoms with Gasteiger partial charge in [-0.15, -0.1) is 0 Å². The zero-order chi connectivity index (χ0) is 18.1. The predicted molar refractivity (Wildman–Crippen MR) is 103 cm³/mol. The Morgan fingerprint density at radius 1 is 1.27 bits per heavy atom. The van der Waals surface area contributed by atoms with Gasteiger partial charge in [0.15, 0.2) is 0 Å². The highest BCUT2D eigenvalue weighted by molar-refractivity contribution is 5.86. The molecule has 1 atom stereocenters. The highest BCUT2D eigenvalue weighted by Crippen LogP contribution is 2.24. The predicted octanol–water partition coefficient (Wildman–Crippen LogP) is 3.23. The molecule has 0 amide bonds. The molecule has 0 saturated carbocycles. The second kappa shape index (κ2) is 6.68. The third-order valence-electron chi connectivity index (χ3n) is 4.91. The van der Waals surface area contributed by atoms with Gasteiger partial charge in [0.25, 0.3) is 0 Å². The Morgan fingerprint density at radius 3 is 2.88 bits per heavy atom. The van der Waals surface area contributed by atoms with Gasteiger partial charge >= 0.3 is 0 Å². The normalized spacial score (nSPS) is 17.3. The van der Waals surface area contributed by atoms with Gasteiger partial charge in [0.1, 0.15) is 11.6 Å². The van der Waals surface area contributed by atoms with Crippen LogP contribution in [-0.2, 0) is 7.05 Å². The number of nitrogens with zero attached hydrogens (tertiary/aromatic N) is 5. The van der Waals surface area contributed by atoms with Crippen molar-refractivity contribution >= 4 is 22.5 Å². The van der Waals surface area contributed by atoms with E-state index in [-0.39, 0.29) is 0 Å². The van der Waals surface area contributed by atoms with Crippen LogP contribution in [0.4, 0.5) is 11.6 Å². The summed E-state index contributed by atoms with van der Waals surface area (Å²) in [5.74, 6) is 1.92. The summed E-state index contributed by atoms with van der Waals surface area (Å²) in [4.78, 5) is 7.07. The maximum atomic E-state index is 9.47. The van der Waals surface area contributed by atoms with E-state index in [0.29, 0.717) is 11.6 Å². The Morgan fingerprint density at radius 2 is 2.12 bits per heavy atom. The fraction of sp³-hybridized carbons (Fsp3) is 0.350. The lowest BCUT2D eigenvalue weighted by molar-refractivity contribution is 0.518. The van der Waals surface area contributed by atoms with Crippen LogP contribution in [0, 0.1) is 18.3 Å². The molecule has 0 bridgehead atoms. The van der Waals surface area contributed by atoms with Crippen LogP contribution in [0.1, 0.15) is 24.1 Å². The van der Waals surface area contributed by atoms with Crippen LogP contribution in [0.15, 0.2) is 36.4 Å². The first kappa shape index (κ1) is 16.4. The van der Waals surface area contributed by atoms with Crippen LogP contribution in [0.2, 0.25) is 0 Å². The van der Waals surface area contributed by atoms with E-state index < -0.39 is 0 Å². The van der Waals surface area contributed by atoms with Crippen molar-refractivity contribution in [3.63, 3.8) is 0 Å². The van der Waals surface area contributed by atoms with Crippen molar-refractivity contribution in [3.8, 4) is 6.07 Å². The molecule has 3 heterocycles. The zero-order valence-electron chi connectivity index (χ0n) is 15.1. The molecule has 0 spiro atoms. The van der Waals surface area contributed by atoms with Crippen molar-refractivity contribution in [2.24, 2.45) is 7.05 Å². The standard InChI is InChI=1S/C20H22N6/c1-14-10-20(25(2)24-14)26-9-5-6-16(13-26)22-19-11-15(12-21)17-7-3-4-8-18(17)23-19/h3-4,7-8,10-11,16H,5-6,9,13H2,1-2H3,(H,22,23). The number of nitrogens with one attached hydrogen (secondary N) is 1. The summed E-state index contributed by atoms with van der Waals surface area (Å²) >= 11 is 0. The van der Waals surface area contributed by atoms with E-state index in [1.54, 1.807) is 0 Å². The maximum Gasteiger partial charge on any atom is 0.128 e. The third kappa shape index (κ3) is 3.08. The first-order valence-corrected chi connectivity index (χ1v) is 8.96. The molecule has 1 N–H and O–H groups in total. The minimum absolute atomic E-state index is 0.291. The van der Waals surface area contributed by atoms with Gasteiger partial charge in [0.05, 0.1) is 22.8 Å². The minimum atomic E-state index is 0.291. The number of benzene rings is 1. The second-order valence-corrected chi connectivity index (χ2v) is 6.88. The molecule has 1 unspecified atom stereocenters. The third-order valence-corrected chi connectivity index (χ3v) is 4.91. The molecule has 4 rings (SSSR count). The molecule has 3 aromatic rings. The number of aryl methyl sites for hydroxylation is 2. The molecule has 1 aliphatic heterocycles. The molecule has 132 valence electrons. The van der Waals surface area contributed by atoms with Gasteiger partial charge in [-0.1, -0.05) is 18.2 Å². The van der Waals surface area contributed by atoms with E-state index in [0.717, 1.165) is 54.2 Å². The quantitative estimate of drug-likeness (QED) is 0.788. The van der Waals surface area contributed by atoms with Gasteiger partial charge < -0.3 is 10.2 Å². The lowest BCUT2D eigenvalue weighted by Crippen LogP contribution is -2.43. The van der Waals surface area contributed by atoms with E-state index in [1.165, 1.54) is 0 Å². The molecule has 1 aromatic carbocycles. The van der Waals surface area contributed by atoms with E-state index in [9.17, 15) is 5.26 Å². The average molecular weight is 346 g/mol. The fourth-order valence-electron chi connectivity index (χ4n) is 3.75. The van der Waals surface area contributed by atoms with Crippen molar-refractivity contribution in [3.05, 3.63) is 47.7 Å². The van der Waals surface area contributed by atoms with Crippen LogP contribution in [0.5, 0.6) is 0 Å². The van der Waals surface area contributed by atoms with E-state index in [2.05, 4.69) is 27.5 Å². The number of aromatic nitrogens is 3. The van der Waals surface area contributed by atoms with Crippen molar-refractivity contribution in [2.75, 3.05) is 23.3 Å². The first-order chi connectivity index (χ1) is 12.6. The van der Waals surface area contributed by atoms with Crippen molar-refractivity contribution in [2.45, 2.75) is 25.8 Å². The number of hydrogen-bond donors (Lipinski definition) is 1. The Kier molecular flexibility index (Phi) is 4.21. The van der Waals surface area contributed by atoms with E-state index >= 15 is 0 Å². The molecule has 26 heavy (non-hydrogen) atoms. The van der Waals surface area contributed by atoms with Gasteiger partial charge in [0.2, 0.25) is 0 Å². The SMILES string of the molecule is Cc1cc(N2CCCC(Nc3cc(C#N)c4ccccc4n3)C2)n(C)n1. The summed E-state index contributed by atoms with van der Waals surface area (Å²) in [6, 6.07) is 14.4. The van der Waals surface area contributed by atoms with Crippen LogP contribution in [-0.4, -0.2) is 33.9 Å². The van der Waals surface area contributed by atoms with Crippen LogP contribution in [0.25, 0.3) is 10.9 Å². The highest BCUT2D eigenvalue weighted by atomic mass is 15.4. The molecular weight excluding hydrogens is 324 g/mol. The summed E-state index contributed by atoms with van der Waals surface area (Å²) in [6.07, 6.45) is 2.20. The Bertz CT molecular complexity index is 984. The summed E-state index contributed by atoms with van der Waals surface area (Å²) in [5.41, 5.74) is 2.55. The van der Waals surface area contributed by atoms with E-state index in [4.69, 9.17) is 4.98 Å². The molecule has 1 aliphatic rings. The smallest absolute Gasteiger partial charge is 0.128 e. The van der Waals surface area contributed by atoms with Crippen LogP contribution < -0.4 is 10.2 Å². The van der Waals surface area contributed by atoms with Crippen LogP contribution in [0.3, 0.4) is 0 Å². The second-order valence-electron chi connectivity index (χ2n) is 6.88. The van der Waals surface area contributed by atoms with Crippen LogP contribution >= 0.6 is 0 Å². The molecule has 2 aromatic heterocycles. The number of rotatable bonds is 3. The summed E-state index contributed by atoms with van der Waals surface area (Å²) in [7, 11) is 1.99. The molecule has 1 fully saturated rings. The number of fused-ring (bicyclic) bond motifs is 1. The van der Waals surface area contributed by atoms with Gasteiger partial charge in [-0.3, -0.25) is 4.68 Å². The van der Waals surface area contributed by atoms with E-state index in [1.807, 2.05) is 49.0 Å². The van der Waals surface area contributed by atoms with Gasteiger partial charge in [0, 0.05) is 37.6 Å². The number of para-hydroxylation sites is 1. The Hall–Kier alpha value is -3.07. The number of pyridine rings is 1. The molecule has 0 radical (unpaired) electrons.